The third-order valence-corrected chi connectivity index (χ3v) is 5.78. The lowest BCUT2D eigenvalue weighted by Crippen LogP contribution is -2.30. The maximum absolute atomic E-state index is 12.7. The van der Waals surface area contributed by atoms with E-state index in [0.29, 0.717) is 13.0 Å². The molecule has 0 radical (unpaired) electrons. The van der Waals surface area contributed by atoms with Crippen LogP contribution in [-0.2, 0) is 11.2 Å². The first kappa shape index (κ1) is 16.3. The zero-order valence-electron chi connectivity index (χ0n) is 14.6. The summed E-state index contributed by atoms with van der Waals surface area (Å²) in [5.74, 6) is 1.02. The second-order valence-corrected chi connectivity index (χ2v) is 7.53. The summed E-state index contributed by atoms with van der Waals surface area (Å²) in [6, 6.07) is 7.94. The average molecular weight is 378 g/mol. The molecule has 0 aliphatic carbocycles. The van der Waals surface area contributed by atoms with Gasteiger partial charge in [0.25, 0.3) is 0 Å². The van der Waals surface area contributed by atoms with Crippen molar-refractivity contribution < 1.29 is 9.21 Å². The van der Waals surface area contributed by atoms with Gasteiger partial charge in [0.1, 0.15) is 17.6 Å². The topological polar surface area (TPSA) is 64.2 Å². The highest BCUT2D eigenvalue weighted by molar-refractivity contribution is 7.08. The summed E-state index contributed by atoms with van der Waals surface area (Å²) in [4.78, 5) is 24.0. The molecule has 1 atom stereocenters. The van der Waals surface area contributed by atoms with E-state index in [4.69, 9.17) is 9.40 Å². The number of pyridine rings is 1. The molecule has 0 bridgehead atoms. The minimum atomic E-state index is 0.154. The van der Waals surface area contributed by atoms with E-state index in [-0.39, 0.29) is 11.9 Å². The molecule has 27 heavy (non-hydrogen) atoms. The molecule has 1 saturated heterocycles. The van der Waals surface area contributed by atoms with Crippen molar-refractivity contribution in [3.63, 3.8) is 0 Å². The molecule has 1 fully saturated rings. The Morgan fingerprint density at radius 1 is 1.33 bits per heavy atom. The first-order valence-corrected chi connectivity index (χ1v) is 9.88. The van der Waals surface area contributed by atoms with Crippen molar-refractivity contribution in [3.8, 4) is 11.4 Å². The van der Waals surface area contributed by atoms with Gasteiger partial charge in [0, 0.05) is 19.3 Å². The minimum absolute atomic E-state index is 0.154. The number of nitrogens with zero attached hydrogens (tertiary/aromatic N) is 4. The molecule has 7 heteroatoms. The van der Waals surface area contributed by atoms with Crippen LogP contribution in [0.5, 0.6) is 0 Å². The highest BCUT2D eigenvalue weighted by atomic mass is 32.1. The van der Waals surface area contributed by atoms with Crippen LogP contribution in [0.25, 0.3) is 22.6 Å². The Balaban J connectivity index is 1.46. The van der Waals surface area contributed by atoms with E-state index < -0.39 is 0 Å². The van der Waals surface area contributed by atoms with E-state index in [0.717, 1.165) is 41.1 Å². The van der Waals surface area contributed by atoms with Gasteiger partial charge in [-0.25, -0.2) is 9.97 Å². The number of rotatable bonds is 4. The van der Waals surface area contributed by atoms with Crippen molar-refractivity contribution in [1.82, 2.24) is 19.4 Å². The van der Waals surface area contributed by atoms with Crippen LogP contribution >= 0.6 is 11.3 Å². The molecule has 4 aromatic heterocycles. The van der Waals surface area contributed by atoms with Crippen LogP contribution in [0.2, 0.25) is 0 Å². The molecule has 0 aromatic carbocycles. The van der Waals surface area contributed by atoms with Crippen molar-refractivity contribution in [1.29, 1.82) is 0 Å². The highest BCUT2D eigenvalue weighted by Gasteiger charge is 2.31. The first-order valence-electron chi connectivity index (χ1n) is 8.94. The van der Waals surface area contributed by atoms with Crippen LogP contribution in [-0.4, -0.2) is 38.4 Å². The summed E-state index contributed by atoms with van der Waals surface area (Å²) in [7, 11) is 0. The fraction of sp³-hybridized carbons (Fsp3) is 0.250. The van der Waals surface area contributed by atoms with Gasteiger partial charge in [-0.05, 0) is 47.0 Å². The van der Waals surface area contributed by atoms with Crippen LogP contribution in [0.1, 0.15) is 18.0 Å². The van der Waals surface area contributed by atoms with Gasteiger partial charge in [-0.15, -0.1) is 0 Å². The Morgan fingerprint density at radius 2 is 2.30 bits per heavy atom. The summed E-state index contributed by atoms with van der Waals surface area (Å²) in [5.41, 5.74) is 3.72. The van der Waals surface area contributed by atoms with Crippen molar-refractivity contribution in [2.45, 2.75) is 18.9 Å². The largest absolute Gasteiger partial charge is 0.472 e. The number of aromatic nitrogens is 3. The van der Waals surface area contributed by atoms with Crippen molar-refractivity contribution in [3.05, 3.63) is 59.3 Å². The summed E-state index contributed by atoms with van der Waals surface area (Å²) in [5, 5.41) is 4.05. The Bertz CT molecular complexity index is 1070. The molecular weight excluding hydrogens is 360 g/mol. The average Bonchev–Trinajstić information content (AvgIpc) is 3.46. The number of likely N-dealkylation sites (tertiary alicyclic amines) is 1. The lowest BCUT2D eigenvalue weighted by Gasteiger charge is -2.18. The smallest absolute Gasteiger partial charge is 0.227 e. The Morgan fingerprint density at radius 3 is 3.11 bits per heavy atom. The monoisotopic (exact) mass is 378 g/mol. The zero-order valence-corrected chi connectivity index (χ0v) is 15.4. The quantitative estimate of drug-likeness (QED) is 0.542. The SMILES string of the molecule is O=C(Cc1ccsc1)N1CCC(n2c(-c3ccoc3)nc3cccnc32)C1. The first-order chi connectivity index (χ1) is 13.3. The number of fused-ring (bicyclic) bond motifs is 1. The number of carbonyl (C=O) groups is 1. The van der Waals surface area contributed by atoms with E-state index in [9.17, 15) is 4.79 Å². The molecule has 0 spiro atoms. The summed E-state index contributed by atoms with van der Waals surface area (Å²) >= 11 is 1.62. The van der Waals surface area contributed by atoms with Gasteiger partial charge in [0.05, 0.1) is 24.3 Å². The number of hydrogen-bond donors (Lipinski definition) is 0. The van der Waals surface area contributed by atoms with Crippen LogP contribution in [0, 0.1) is 0 Å². The number of imidazole rings is 1. The van der Waals surface area contributed by atoms with E-state index in [2.05, 4.69) is 9.55 Å². The predicted octanol–water partition coefficient (Wildman–Crippen LogP) is 3.77. The standard InChI is InChI=1S/C20H18N4O2S/c25-18(10-14-5-9-27-13-14)23-7-3-16(11-23)24-19(15-4-8-26-12-15)22-17-2-1-6-21-20(17)24/h1-2,4-6,8-9,12-13,16H,3,7,10-11H2. The van der Waals surface area contributed by atoms with Gasteiger partial charge in [0.2, 0.25) is 5.91 Å². The molecule has 136 valence electrons. The Labute approximate surface area is 160 Å². The van der Waals surface area contributed by atoms with Gasteiger partial charge in [-0.2, -0.15) is 11.3 Å². The number of hydrogen-bond acceptors (Lipinski definition) is 5. The van der Waals surface area contributed by atoms with E-state index in [1.54, 1.807) is 30.1 Å². The van der Waals surface area contributed by atoms with Gasteiger partial charge in [0.15, 0.2) is 5.65 Å². The summed E-state index contributed by atoms with van der Waals surface area (Å²) < 4.78 is 7.43. The lowest BCUT2D eigenvalue weighted by molar-refractivity contribution is -0.129. The van der Waals surface area contributed by atoms with Crippen molar-refractivity contribution in [2.24, 2.45) is 0 Å². The molecule has 4 aromatic rings. The van der Waals surface area contributed by atoms with Gasteiger partial charge < -0.3 is 13.9 Å². The molecular formula is C20H18N4O2S. The fourth-order valence-electron chi connectivity index (χ4n) is 3.73. The van der Waals surface area contributed by atoms with Crippen molar-refractivity contribution >= 4 is 28.4 Å². The molecule has 1 unspecified atom stereocenters. The van der Waals surface area contributed by atoms with E-state index in [1.165, 1.54) is 0 Å². The number of thiophene rings is 1. The third-order valence-electron chi connectivity index (χ3n) is 5.04. The second-order valence-electron chi connectivity index (χ2n) is 6.75. The fourth-order valence-corrected chi connectivity index (χ4v) is 4.40. The summed E-state index contributed by atoms with van der Waals surface area (Å²) in [6.45, 7) is 1.43. The lowest BCUT2D eigenvalue weighted by atomic mass is 10.2. The number of furan rings is 1. The normalized spacial score (nSPS) is 17.0. The van der Waals surface area contributed by atoms with Gasteiger partial charge in [-0.1, -0.05) is 0 Å². The summed E-state index contributed by atoms with van der Waals surface area (Å²) in [6.07, 6.45) is 6.49. The highest BCUT2D eigenvalue weighted by Crippen LogP contribution is 2.32. The molecule has 6 nitrogen and oxygen atoms in total. The molecule has 5 rings (SSSR count). The predicted molar refractivity (Wildman–Crippen MR) is 103 cm³/mol. The third kappa shape index (κ3) is 2.94. The number of carbonyl (C=O) groups excluding carboxylic acids is 1. The van der Waals surface area contributed by atoms with Crippen LogP contribution < -0.4 is 0 Å². The van der Waals surface area contributed by atoms with Crippen molar-refractivity contribution in [2.75, 3.05) is 13.1 Å². The van der Waals surface area contributed by atoms with E-state index >= 15 is 0 Å². The second kappa shape index (κ2) is 6.66. The van der Waals surface area contributed by atoms with Gasteiger partial charge in [-0.3, -0.25) is 4.79 Å². The number of amides is 1. The maximum Gasteiger partial charge on any atom is 0.227 e. The Kier molecular flexibility index (Phi) is 4.01. The molecule has 0 N–H and O–H groups in total. The van der Waals surface area contributed by atoms with E-state index in [1.807, 2.05) is 39.9 Å². The minimum Gasteiger partial charge on any atom is -0.472 e. The molecule has 1 aliphatic rings. The Hall–Kier alpha value is -2.93. The molecule has 1 aliphatic heterocycles. The van der Waals surface area contributed by atoms with Gasteiger partial charge >= 0.3 is 0 Å². The van der Waals surface area contributed by atoms with Crippen LogP contribution in [0.4, 0.5) is 0 Å². The molecule has 0 saturated carbocycles. The maximum atomic E-state index is 12.7. The van der Waals surface area contributed by atoms with Crippen LogP contribution in [0.3, 0.4) is 0 Å². The molecule has 1 amide bonds. The van der Waals surface area contributed by atoms with Crippen LogP contribution in [0.15, 0.2) is 58.2 Å². The molecule has 5 heterocycles. The zero-order chi connectivity index (χ0) is 18.2.